The Morgan fingerprint density at radius 3 is 2.79 bits per heavy atom. The van der Waals surface area contributed by atoms with Crippen molar-refractivity contribution in [2.45, 2.75) is 26.4 Å². The van der Waals surface area contributed by atoms with Gasteiger partial charge in [-0.3, -0.25) is 13.9 Å². The monoisotopic (exact) mass is 399 g/mol. The number of nitrogens with zero attached hydrogens (tertiary/aromatic N) is 5. The average Bonchev–Trinajstić information content (AvgIpc) is 3.11. The Labute approximate surface area is 167 Å². The number of methoxy groups -OCH3 is 1. The highest BCUT2D eigenvalue weighted by Gasteiger charge is 2.29. The van der Waals surface area contributed by atoms with Crippen molar-refractivity contribution in [3.63, 3.8) is 0 Å². The number of aromatic nitrogens is 4. The number of hydrogen-bond donors (Lipinski definition) is 1. The molecule has 1 aliphatic heterocycles. The molecule has 0 fully saturated rings. The van der Waals surface area contributed by atoms with Gasteiger partial charge in [0, 0.05) is 45.0 Å². The maximum Gasteiger partial charge on any atom is 0.332 e. The average molecular weight is 399 g/mol. The van der Waals surface area contributed by atoms with Crippen LogP contribution in [0.15, 0.2) is 33.9 Å². The van der Waals surface area contributed by atoms with Gasteiger partial charge in [-0.15, -0.1) is 0 Å². The normalized spacial score (nSPS) is 16.3. The molecular weight excluding hydrogens is 374 g/mol. The van der Waals surface area contributed by atoms with Crippen molar-refractivity contribution in [3.05, 3.63) is 45.1 Å². The van der Waals surface area contributed by atoms with Gasteiger partial charge in [-0.05, 0) is 24.5 Å². The molecule has 3 heterocycles. The summed E-state index contributed by atoms with van der Waals surface area (Å²) in [6.45, 7) is 3.59. The first-order valence-corrected chi connectivity index (χ1v) is 9.68. The SMILES string of the molecule is COc1cccc(N2C[C@H](C)Cn3c2nc2c3c(=O)n(CCCO)c(=O)n2C)c1. The van der Waals surface area contributed by atoms with Crippen molar-refractivity contribution >= 4 is 22.8 Å². The second-order valence-corrected chi connectivity index (χ2v) is 7.49. The lowest BCUT2D eigenvalue weighted by Gasteiger charge is -2.33. The Morgan fingerprint density at radius 2 is 2.07 bits per heavy atom. The molecule has 1 aromatic carbocycles. The Balaban J connectivity index is 1.96. The predicted molar refractivity (Wildman–Crippen MR) is 110 cm³/mol. The van der Waals surface area contributed by atoms with Crippen molar-refractivity contribution in [2.75, 3.05) is 25.2 Å². The van der Waals surface area contributed by atoms with Crippen LogP contribution in [0.1, 0.15) is 13.3 Å². The Bertz CT molecular complexity index is 1180. The minimum absolute atomic E-state index is 0.0845. The van der Waals surface area contributed by atoms with Crippen molar-refractivity contribution in [1.29, 1.82) is 0 Å². The van der Waals surface area contributed by atoms with Crippen LogP contribution in [0.2, 0.25) is 0 Å². The van der Waals surface area contributed by atoms with Crippen molar-refractivity contribution in [3.8, 4) is 5.75 Å². The molecule has 9 nitrogen and oxygen atoms in total. The van der Waals surface area contributed by atoms with Crippen LogP contribution < -0.4 is 20.9 Å². The van der Waals surface area contributed by atoms with Gasteiger partial charge < -0.3 is 19.3 Å². The van der Waals surface area contributed by atoms with Crippen LogP contribution in [0.3, 0.4) is 0 Å². The number of aliphatic hydroxyl groups is 1. The van der Waals surface area contributed by atoms with Crippen LogP contribution in [0.25, 0.3) is 11.2 Å². The van der Waals surface area contributed by atoms with Gasteiger partial charge in [0.25, 0.3) is 5.56 Å². The summed E-state index contributed by atoms with van der Waals surface area (Å²) in [4.78, 5) is 32.6. The summed E-state index contributed by atoms with van der Waals surface area (Å²) < 4.78 is 9.85. The van der Waals surface area contributed by atoms with Gasteiger partial charge in [0.15, 0.2) is 11.2 Å². The van der Waals surface area contributed by atoms with Crippen molar-refractivity contribution in [2.24, 2.45) is 13.0 Å². The second kappa shape index (κ2) is 7.40. The molecule has 2 aromatic heterocycles. The van der Waals surface area contributed by atoms with Crippen LogP contribution in [-0.4, -0.2) is 44.1 Å². The molecule has 1 atom stereocenters. The topological polar surface area (TPSA) is 94.5 Å². The fourth-order valence-electron chi connectivity index (χ4n) is 3.93. The summed E-state index contributed by atoms with van der Waals surface area (Å²) in [5.74, 6) is 1.65. The van der Waals surface area contributed by atoms with E-state index in [0.717, 1.165) is 18.0 Å². The van der Waals surface area contributed by atoms with E-state index in [9.17, 15) is 9.59 Å². The van der Waals surface area contributed by atoms with Crippen molar-refractivity contribution in [1.82, 2.24) is 18.7 Å². The maximum atomic E-state index is 13.2. The molecule has 154 valence electrons. The third-order valence-electron chi connectivity index (χ3n) is 5.35. The third-order valence-corrected chi connectivity index (χ3v) is 5.35. The number of imidazole rings is 1. The highest BCUT2D eigenvalue weighted by molar-refractivity contribution is 5.77. The van der Waals surface area contributed by atoms with Gasteiger partial charge in [-0.1, -0.05) is 13.0 Å². The number of ether oxygens (including phenoxy) is 1. The smallest absolute Gasteiger partial charge is 0.332 e. The number of benzene rings is 1. The molecule has 9 heteroatoms. The van der Waals surface area contributed by atoms with Crippen molar-refractivity contribution < 1.29 is 9.84 Å². The van der Waals surface area contributed by atoms with E-state index in [4.69, 9.17) is 14.8 Å². The zero-order chi connectivity index (χ0) is 20.7. The van der Waals surface area contributed by atoms with E-state index in [1.165, 1.54) is 9.13 Å². The zero-order valence-corrected chi connectivity index (χ0v) is 16.8. The molecule has 0 spiro atoms. The zero-order valence-electron chi connectivity index (χ0n) is 16.8. The van der Waals surface area contributed by atoms with E-state index in [1.807, 2.05) is 28.8 Å². The first-order chi connectivity index (χ1) is 14.0. The summed E-state index contributed by atoms with van der Waals surface area (Å²) in [6.07, 6.45) is 0.341. The lowest BCUT2D eigenvalue weighted by Crippen LogP contribution is -2.40. The van der Waals surface area contributed by atoms with Crippen LogP contribution in [0, 0.1) is 5.92 Å². The highest BCUT2D eigenvalue weighted by Crippen LogP contribution is 2.34. The number of anilines is 2. The molecule has 0 saturated heterocycles. The minimum atomic E-state index is -0.424. The largest absolute Gasteiger partial charge is 0.497 e. The molecule has 1 aliphatic rings. The van der Waals surface area contributed by atoms with Gasteiger partial charge >= 0.3 is 5.69 Å². The van der Waals surface area contributed by atoms with E-state index >= 15 is 0 Å². The number of fused-ring (bicyclic) bond motifs is 3. The van der Waals surface area contributed by atoms with E-state index in [2.05, 4.69) is 11.8 Å². The lowest BCUT2D eigenvalue weighted by molar-refractivity contribution is 0.277. The Morgan fingerprint density at radius 1 is 1.28 bits per heavy atom. The summed E-state index contributed by atoms with van der Waals surface area (Å²) in [7, 11) is 3.25. The predicted octanol–water partition coefficient (Wildman–Crippen LogP) is 1.08. The van der Waals surface area contributed by atoms with Gasteiger partial charge in [0.1, 0.15) is 5.75 Å². The second-order valence-electron chi connectivity index (χ2n) is 7.49. The molecule has 0 radical (unpaired) electrons. The molecule has 0 bridgehead atoms. The molecule has 4 rings (SSSR count). The molecule has 0 unspecified atom stereocenters. The fraction of sp³-hybridized carbons (Fsp3) is 0.450. The molecule has 1 N–H and O–H groups in total. The van der Waals surface area contributed by atoms with Crippen LogP contribution >= 0.6 is 0 Å². The van der Waals surface area contributed by atoms with Gasteiger partial charge in [0.2, 0.25) is 5.95 Å². The third kappa shape index (κ3) is 3.11. The molecule has 29 heavy (non-hydrogen) atoms. The quantitative estimate of drug-likeness (QED) is 0.690. The molecule has 3 aromatic rings. The van der Waals surface area contributed by atoms with Gasteiger partial charge in [-0.25, -0.2) is 4.79 Å². The van der Waals surface area contributed by atoms with E-state index in [-0.39, 0.29) is 24.6 Å². The first-order valence-electron chi connectivity index (χ1n) is 9.68. The lowest BCUT2D eigenvalue weighted by atomic mass is 10.1. The fourth-order valence-corrected chi connectivity index (χ4v) is 3.93. The minimum Gasteiger partial charge on any atom is -0.497 e. The Hall–Kier alpha value is -3.07. The molecule has 0 aliphatic carbocycles. The van der Waals surface area contributed by atoms with Crippen LogP contribution in [0.4, 0.5) is 11.6 Å². The number of aliphatic hydroxyl groups excluding tert-OH is 1. The van der Waals surface area contributed by atoms with E-state index in [0.29, 0.717) is 30.1 Å². The highest BCUT2D eigenvalue weighted by atomic mass is 16.5. The summed E-state index contributed by atoms with van der Waals surface area (Å²) in [6, 6.07) is 7.70. The number of aryl methyl sites for hydroxylation is 1. The number of rotatable bonds is 5. The van der Waals surface area contributed by atoms with E-state index < -0.39 is 5.69 Å². The van der Waals surface area contributed by atoms with Crippen LogP contribution in [0.5, 0.6) is 5.75 Å². The maximum absolute atomic E-state index is 13.2. The number of hydrogen-bond acceptors (Lipinski definition) is 6. The van der Waals surface area contributed by atoms with Gasteiger partial charge in [0.05, 0.1) is 7.11 Å². The molecular formula is C20H25N5O4. The summed E-state index contributed by atoms with van der Waals surface area (Å²) >= 11 is 0. The van der Waals surface area contributed by atoms with E-state index in [1.54, 1.807) is 14.2 Å². The standard InChI is InChI=1S/C20H25N5O4/c1-13-11-24(14-6-4-7-15(10-14)29-3)19-21-17-16(25(19)12-13)18(27)23(8-5-9-26)20(28)22(17)2/h4,6-7,10,13,26H,5,8-9,11-12H2,1-3H3/t13-/m0/s1. The molecule has 0 amide bonds. The van der Waals surface area contributed by atoms with Crippen LogP contribution in [-0.2, 0) is 20.1 Å². The first kappa shape index (κ1) is 19.3. The summed E-state index contributed by atoms with van der Waals surface area (Å²) in [5.41, 5.74) is 0.914. The summed E-state index contributed by atoms with van der Waals surface area (Å²) in [5, 5.41) is 9.12. The molecule has 0 saturated carbocycles. The van der Waals surface area contributed by atoms with Gasteiger partial charge in [-0.2, -0.15) is 4.98 Å². The Kier molecular flexibility index (Phi) is 4.91.